The number of benzene rings is 1. The molecule has 0 saturated carbocycles. The molecule has 30 heavy (non-hydrogen) atoms. The van der Waals surface area contributed by atoms with Crippen LogP contribution in [0, 0.1) is 23.2 Å². The van der Waals surface area contributed by atoms with E-state index in [0.29, 0.717) is 24.3 Å². The fourth-order valence-corrected chi connectivity index (χ4v) is 6.01. The molecule has 1 aromatic heterocycles. The van der Waals surface area contributed by atoms with E-state index in [1.165, 1.54) is 22.0 Å². The summed E-state index contributed by atoms with van der Waals surface area (Å²) in [6.07, 6.45) is 4.98. The van der Waals surface area contributed by atoms with Crippen molar-refractivity contribution in [2.24, 2.45) is 11.8 Å². The summed E-state index contributed by atoms with van der Waals surface area (Å²) in [6, 6.07) is 9.44. The second-order valence-corrected chi connectivity index (χ2v) is 9.55. The van der Waals surface area contributed by atoms with Gasteiger partial charge in [0.15, 0.2) is 0 Å². The summed E-state index contributed by atoms with van der Waals surface area (Å²) < 4.78 is 0. The molecule has 1 amide bonds. The number of hydrogen-bond donors (Lipinski definition) is 1. The molecule has 2 aromatic rings. The van der Waals surface area contributed by atoms with Crippen LogP contribution in [-0.4, -0.2) is 78.5 Å². The summed E-state index contributed by atoms with van der Waals surface area (Å²) in [5.41, 5.74) is 4.09. The Bertz CT molecular complexity index is 983. The molecule has 2 fully saturated rings. The molecule has 1 N–H and O–H groups in total. The molecular weight excluding hydrogens is 374 g/mol. The molecule has 2 saturated heterocycles. The van der Waals surface area contributed by atoms with Crippen molar-refractivity contribution in [3.63, 3.8) is 0 Å². The quantitative estimate of drug-likeness (QED) is 0.852. The number of carbonyl (C=O) groups excluding carboxylic acids is 1. The van der Waals surface area contributed by atoms with Gasteiger partial charge in [-0.2, -0.15) is 5.26 Å². The summed E-state index contributed by atoms with van der Waals surface area (Å²) in [7, 11) is 4.30. The van der Waals surface area contributed by atoms with Crippen molar-refractivity contribution in [2.45, 2.75) is 31.2 Å². The molecule has 5 rings (SSSR count). The Balaban J connectivity index is 1.33. The number of nitrogens with zero attached hydrogens (tertiary/aromatic N) is 4. The number of aromatic amines is 1. The van der Waals surface area contributed by atoms with Gasteiger partial charge in [0.05, 0.1) is 6.07 Å². The smallest absolute Gasteiger partial charge is 0.240 e. The van der Waals surface area contributed by atoms with Crippen LogP contribution in [0.1, 0.15) is 29.9 Å². The van der Waals surface area contributed by atoms with Crippen LogP contribution in [0.2, 0.25) is 0 Å². The van der Waals surface area contributed by atoms with Crippen molar-refractivity contribution in [1.29, 1.82) is 5.26 Å². The van der Waals surface area contributed by atoms with Gasteiger partial charge in [0.2, 0.25) is 5.91 Å². The van der Waals surface area contributed by atoms with Crippen LogP contribution in [-0.2, 0) is 11.2 Å². The molecule has 0 bridgehead atoms. The molecule has 0 spiro atoms. The lowest BCUT2D eigenvalue weighted by Gasteiger charge is -2.46. The van der Waals surface area contributed by atoms with Crippen LogP contribution in [0.4, 0.5) is 0 Å². The number of amides is 1. The Labute approximate surface area is 178 Å². The number of nitriles is 1. The van der Waals surface area contributed by atoms with E-state index >= 15 is 0 Å². The first-order valence-electron chi connectivity index (χ1n) is 11.2. The maximum Gasteiger partial charge on any atom is 0.240 e. The van der Waals surface area contributed by atoms with Crippen LogP contribution < -0.4 is 0 Å². The zero-order valence-electron chi connectivity index (χ0n) is 18.0. The van der Waals surface area contributed by atoms with Gasteiger partial charge < -0.3 is 19.7 Å². The number of nitrogens with one attached hydrogen (secondary N) is 1. The molecule has 2 aliphatic heterocycles. The van der Waals surface area contributed by atoms with Crippen molar-refractivity contribution >= 4 is 16.8 Å². The van der Waals surface area contributed by atoms with Gasteiger partial charge in [-0.15, -0.1) is 0 Å². The minimum Gasteiger partial charge on any atom is -0.361 e. The number of piperidine rings is 1. The Kier molecular flexibility index (Phi) is 5.04. The SMILES string of the molecule is CN1CCN(C(=O)C(C#N)C[C@@H]2C[C@@H]3c4cccc5[nH]cc(c45)C[C@H]3N(C)C2)CC1. The summed E-state index contributed by atoms with van der Waals surface area (Å²) in [4.78, 5) is 23.1. The third-order valence-electron chi connectivity index (χ3n) is 7.65. The molecule has 1 unspecified atom stereocenters. The molecule has 1 aromatic carbocycles. The van der Waals surface area contributed by atoms with Crippen molar-refractivity contribution < 1.29 is 4.79 Å². The fraction of sp³-hybridized carbons (Fsp3) is 0.583. The zero-order valence-corrected chi connectivity index (χ0v) is 18.0. The van der Waals surface area contributed by atoms with Gasteiger partial charge in [-0.1, -0.05) is 12.1 Å². The molecule has 3 aliphatic rings. The van der Waals surface area contributed by atoms with E-state index < -0.39 is 5.92 Å². The number of aromatic nitrogens is 1. The van der Waals surface area contributed by atoms with Gasteiger partial charge in [0, 0.05) is 61.8 Å². The average molecular weight is 406 g/mol. The lowest BCUT2D eigenvalue weighted by Crippen LogP contribution is -2.50. The highest BCUT2D eigenvalue weighted by atomic mass is 16.2. The van der Waals surface area contributed by atoms with E-state index in [9.17, 15) is 10.1 Å². The molecule has 6 heteroatoms. The zero-order chi connectivity index (χ0) is 20.8. The Morgan fingerprint density at radius 2 is 2.07 bits per heavy atom. The second-order valence-electron chi connectivity index (χ2n) is 9.55. The molecular formula is C24H31N5O. The van der Waals surface area contributed by atoms with Gasteiger partial charge in [0.25, 0.3) is 0 Å². The number of carbonyl (C=O) groups is 1. The summed E-state index contributed by atoms with van der Waals surface area (Å²) in [5, 5.41) is 11.2. The average Bonchev–Trinajstić information content (AvgIpc) is 3.17. The molecule has 1 aliphatic carbocycles. The predicted octanol–water partition coefficient (Wildman–Crippen LogP) is 2.43. The number of piperazine rings is 1. The van der Waals surface area contributed by atoms with E-state index in [0.717, 1.165) is 45.6 Å². The number of likely N-dealkylation sites (tertiary alicyclic amines) is 1. The largest absolute Gasteiger partial charge is 0.361 e. The first kappa shape index (κ1) is 19.6. The van der Waals surface area contributed by atoms with Gasteiger partial charge in [-0.3, -0.25) is 4.79 Å². The number of fused-ring (bicyclic) bond motifs is 2. The van der Waals surface area contributed by atoms with Gasteiger partial charge >= 0.3 is 0 Å². The number of rotatable bonds is 3. The molecule has 158 valence electrons. The standard InChI is InChI=1S/C24H31N5O/c1-27-6-8-29(9-7-27)24(30)17(13-25)10-16-11-20-19-4-3-5-21-23(19)18(14-26-21)12-22(20)28(2)15-16/h3-5,14,16-17,20,22,26H,6-12,15H2,1-2H3/t16-,17?,20-,22-/m1/s1. The van der Waals surface area contributed by atoms with E-state index in [1.54, 1.807) is 0 Å². The third-order valence-corrected chi connectivity index (χ3v) is 7.65. The maximum atomic E-state index is 13.0. The van der Waals surface area contributed by atoms with E-state index in [-0.39, 0.29) is 5.91 Å². The highest BCUT2D eigenvalue weighted by Gasteiger charge is 2.40. The third kappa shape index (κ3) is 3.30. The van der Waals surface area contributed by atoms with Crippen LogP contribution >= 0.6 is 0 Å². The minimum absolute atomic E-state index is 0.0362. The Morgan fingerprint density at radius 3 is 2.83 bits per heavy atom. The van der Waals surface area contributed by atoms with Gasteiger partial charge in [-0.25, -0.2) is 0 Å². The van der Waals surface area contributed by atoms with Crippen molar-refractivity contribution in [1.82, 2.24) is 19.7 Å². The number of likely N-dealkylation sites (N-methyl/N-ethyl adjacent to an activating group) is 2. The Hall–Kier alpha value is -2.36. The summed E-state index contributed by atoms with van der Waals surface area (Å²) in [5.74, 6) is 0.353. The number of hydrogen-bond acceptors (Lipinski definition) is 4. The minimum atomic E-state index is -0.523. The van der Waals surface area contributed by atoms with E-state index in [4.69, 9.17) is 0 Å². The lowest BCUT2D eigenvalue weighted by molar-refractivity contribution is -0.136. The fourth-order valence-electron chi connectivity index (χ4n) is 6.01. The predicted molar refractivity (Wildman–Crippen MR) is 117 cm³/mol. The first-order chi connectivity index (χ1) is 14.5. The first-order valence-corrected chi connectivity index (χ1v) is 11.2. The van der Waals surface area contributed by atoms with Gasteiger partial charge in [0.1, 0.15) is 5.92 Å². The van der Waals surface area contributed by atoms with Crippen LogP contribution in [0.3, 0.4) is 0 Å². The molecule has 4 atom stereocenters. The second kappa shape index (κ2) is 7.72. The van der Waals surface area contributed by atoms with Crippen LogP contribution in [0.5, 0.6) is 0 Å². The summed E-state index contributed by atoms with van der Waals surface area (Å²) >= 11 is 0. The highest BCUT2D eigenvalue weighted by molar-refractivity contribution is 5.88. The van der Waals surface area contributed by atoms with Gasteiger partial charge in [-0.05, 0) is 56.5 Å². The number of H-pyrrole nitrogens is 1. The maximum absolute atomic E-state index is 13.0. The Morgan fingerprint density at radius 1 is 1.27 bits per heavy atom. The van der Waals surface area contributed by atoms with Crippen molar-refractivity contribution in [3.8, 4) is 6.07 Å². The van der Waals surface area contributed by atoms with E-state index in [1.807, 2.05) is 4.90 Å². The van der Waals surface area contributed by atoms with Crippen LogP contribution in [0.15, 0.2) is 24.4 Å². The lowest BCUT2D eigenvalue weighted by atomic mass is 9.71. The van der Waals surface area contributed by atoms with Crippen molar-refractivity contribution in [2.75, 3.05) is 46.8 Å². The van der Waals surface area contributed by atoms with Crippen molar-refractivity contribution in [3.05, 3.63) is 35.5 Å². The normalized spacial score (nSPS) is 28.2. The molecule has 3 heterocycles. The van der Waals surface area contributed by atoms with E-state index in [2.05, 4.69) is 59.3 Å². The van der Waals surface area contributed by atoms with Crippen LogP contribution in [0.25, 0.3) is 10.9 Å². The topological polar surface area (TPSA) is 66.4 Å². The molecule has 6 nitrogen and oxygen atoms in total. The summed E-state index contributed by atoms with van der Waals surface area (Å²) in [6.45, 7) is 4.22. The highest BCUT2D eigenvalue weighted by Crippen LogP contribution is 2.45. The monoisotopic (exact) mass is 405 g/mol. The molecule has 0 radical (unpaired) electrons.